The first-order valence-corrected chi connectivity index (χ1v) is 6.65. The molecule has 4 heteroatoms. The minimum absolute atomic E-state index is 0.307. The van der Waals surface area contributed by atoms with E-state index in [1.807, 2.05) is 0 Å². The van der Waals surface area contributed by atoms with Gasteiger partial charge in [-0.25, -0.2) is 4.79 Å². The van der Waals surface area contributed by atoms with Gasteiger partial charge < -0.3 is 9.16 Å². The Labute approximate surface area is 87.8 Å². The molecule has 0 aromatic heterocycles. The Morgan fingerprint density at radius 2 is 2.07 bits per heavy atom. The second kappa shape index (κ2) is 7.76. The number of esters is 1. The molecule has 0 saturated carbocycles. The predicted octanol–water partition coefficient (Wildman–Crippen LogP) is 2.15. The summed E-state index contributed by atoms with van der Waals surface area (Å²) < 4.78 is 10.3. The first kappa shape index (κ1) is 13.4. The third kappa shape index (κ3) is 5.94. The maximum absolute atomic E-state index is 11.0. The van der Waals surface area contributed by atoms with Gasteiger partial charge in [0, 0.05) is 18.7 Å². The number of hydrogen-bond acceptors (Lipinski definition) is 3. The highest BCUT2D eigenvalue weighted by atomic mass is 28.3. The van der Waals surface area contributed by atoms with Gasteiger partial charge in [-0.1, -0.05) is 19.9 Å². The number of rotatable bonds is 7. The second-order valence-electron chi connectivity index (χ2n) is 3.16. The van der Waals surface area contributed by atoms with Gasteiger partial charge in [-0.15, -0.1) is 0 Å². The number of ether oxygens (including phenoxy) is 1. The molecule has 0 aromatic carbocycles. The third-order valence-electron chi connectivity index (χ3n) is 1.78. The third-order valence-corrected chi connectivity index (χ3v) is 4.18. The van der Waals surface area contributed by atoms with Crippen molar-refractivity contribution in [3.8, 4) is 0 Å². The Kier molecular flexibility index (Phi) is 7.42. The van der Waals surface area contributed by atoms with Gasteiger partial charge in [0.15, 0.2) is 0 Å². The van der Waals surface area contributed by atoms with Crippen molar-refractivity contribution in [3.63, 3.8) is 0 Å². The van der Waals surface area contributed by atoms with Crippen LogP contribution in [0.4, 0.5) is 0 Å². The summed E-state index contributed by atoms with van der Waals surface area (Å²) in [4.78, 5) is 11.0. The summed E-state index contributed by atoms with van der Waals surface area (Å²) in [6.45, 7) is 7.74. The lowest BCUT2D eigenvalue weighted by molar-refractivity contribution is -0.138. The van der Waals surface area contributed by atoms with Crippen molar-refractivity contribution in [2.45, 2.75) is 32.4 Å². The summed E-state index contributed by atoms with van der Waals surface area (Å²) in [6.07, 6.45) is 1.12. The fourth-order valence-corrected chi connectivity index (χ4v) is 2.53. The molecule has 0 bridgehead atoms. The van der Waals surface area contributed by atoms with Crippen molar-refractivity contribution in [1.29, 1.82) is 0 Å². The molecule has 0 aliphatic rings. The summed E-state index contributed by atoms with van der Waals surface area (Å²) in [5.41, 5.74) is 0.451. The molecule has 0 aromatic rings. The maximum Gasteiger partial charge on any atom is 0.333 e. The average molecular weight is 215 g/mol. The van der Waals surface area contributed by atoms with Gasteiger partial charge in [0.05, 0.1) is 6.61 Å². The first-order valence-electron chi connectivity index (χ1n) is 4.83. The van der Waals surface area contributed by atoms with Gasteiger partial charge in [0.2, 0.25) is 9.04 Å². The van der Waals surface area contributed by atoms with Gasteiger partial charge in [-0.2, -0.15) is 0 Å². The highest BCUT2D eigenvalue weighted by Crippen LogP contribution is 2.04. The van der Waals surface area contributed by atoms with Crippen LogP contribution in [0.3, 0.4) is 0 Å². The van der Waals surface area contributed by atoms with Gasteiger partial charge in [0.25, 0.3) is 0 Å². The van der Waals surface area contributed by atoms with E-state index in [1.165, 1.54) is 0 Å². The van der Waals surface area contributed by atoms with Gasteiger partial charge in [0.1, 0.15) is 0 Å². The van der Waals surface area contributed by atoms with E-state index in [1.54, 1.807) is 14.0 Å². The molecule has 0 aliphatic heterocycles. The minimum atomic E-state index is -0.763. The topological polar surface area (TPSA) is 35.5 Å². The normalized spacial score (nSPS) is 10.3. The first-order chi connectivity index (χ1) is 6.61. The van der Waals surface area contributed by atoms with Crippen LogP contribution in [0.5, 0.6) is 0 Å². The zero-order chi connectivity index (χ0) is 11.0. The quantitative estimate of drug-likeness (QED) is 0.371. The molecule has 0 spiro atoms. The highest BCUT2D eigenvalue weighted by Gasteiger charge is 2.11. The molecule has 81 valence electrons. The summed E-state index contributed by atoms with van der Waals surface area (Å²) in [5, 5.41) is 0. The van der Waals surface area contributed by atoms with E-state index in [2.05, 4.69) is 13.5 Å². The van der Waals surface area contributed by atoms with Crippen molar-refractivity contribution in [2.24, 2.45) is 0 Å². The molecule has 0 rings (SSSR count). The second-order valence-corrected chi connectivity index (χ2v) is 5.64. The summed E-state index contributed by atoms with van der Waals surface area (Å²) in [5.74, 6) is -0.307. The Balaban J connectivity index is 3.60. The predicted molar refractivity (Wildman–Crippen MR) is 58.4 cm³/mol. The molecule has 14 heavy (non-hydrogen) atoms. The fourth-order valence-electron chi connectivity index (χ4n) is 0.989. The molecule has 1 radical (unpaired) electrons. The Bertz CT molecular complexity index is 192. The van der Waals surface area contributed by atoms with E-state index < -0.39 is 9.04 Å². The highest BCUT2D eigenvalue weighted by molar-refractivity contribution is 6.51. The Hall–Kier alpha value is -0.613. The SMILES string of the molecule is C=C(C)C(=O)OCC[Si](CCC)OC. The summed E-state index contributed by atoms with van der Waals surface area (Å²) >= 11 is 0. The van der Waals surface area contributed by atoms with Crippen LogP contribution in [-0.4, -0.2) is 28.7 Å². The van der Waals surface area contributed by atoms with E-state index in [0.29, 0.717) is 12.2 Å². The lowest BCUT2D eigenvalue weighted by Gasteiger charge is -2.11. The maximum atomic E-state index is 11.0. The molecule has 0 aliphatic carbocycles. The zero-order valence-electron chi connectivity index (χ0n) is 9.26. The van der Waals surface area contributed by atoms with Crippen LogP contribution in [0, 0.1) is 0 Å². The van der Waals surface area contributed by atoms with Crippen molar-refractivity contribution in [2.75, 3.05) is 13.7 Å². The van der Waals surface area contributed by atoms with Gasteiger partial charge >= 0.3 is 5.97 Å². The van der Waals surface area contributed by atoms with Gasteiger partial charge in [-0.05, 0) is 13.0 Å². The van der Waals surface area contributed by atoms with Crippen LogP contribution in [-0.2, 0) is 14.0 Å². The van der Waals surface area contributed by atoms with Crippen LogP contribution in [0.1, 0.15) is 20.3 Å². The molecule has 0 heterocycles. The standard InChI is InChI=1S/C10H19O3Si/c1-5-7-14(12-4)8-6-13-10(11)9(2)3/h2,5-8H2,1,3-4H3. The van der Waals surface area contributed by atoms with Crippen molar-refractivity contribution in [3.05, 3.63) is 12.2 Å². The number of carbonyl (C=O) groups is 1. The molecule has 0 amide bonds. The number of hydrogen-bond donors (Lipinski definition) is 0. The minimum Gasteiger partial charge on any atom is -0.463 e. The van der Waals surface area contributed by atoms with E-state index in [4.69, 9.17) is 9.16 Å². The lowest BCUT2D eigenvalue weighted by atomic mass is 10.4. The van der Waals surface area contributed by atoms with E-state index in [-0.39, 0.29) is 5.97 Å². The van der Waals surface area contributed by atoms with Crippen LogP contribution in [0.2, 0.25) is 12.1 Å². The summed E-state index contributed by atoms with van der Waals surface area (Å²) in [6, 6.07) is 1.96. The largest absolute Gasteiger partial charge is 0.463 e. The monoisotopic (exact) mass is 215 g/mol. The van der Waals surface area contributed by atoms with Crippen molar-refractivity contribution in [1.82, 2.24) is 0 Å². The smallest absolute Gasteiger partial charge is 0.333 e. The molecule has 0 saturated heterocycles. The molecular formula is C10H19O3Si. The van der Waals surface area contributed by atoms with E-state index in [0.717, 1.165) is 18.5 Å². The fraction of sp³-hybridized carbons (Fsp3) is 0.700. The van der Waals surface area contributed by atoms with Crippen molar-refractivity contribution >= 4 is 15.0 Å². The van der Waals surface area contributed by atoms with Crippen LogP contribution in [0.15, 0.2) is 12.2 Å². The Morgan fingerprint density at radius 1 is 1.43 bits per heavy atom. The van der Waals surface area contributed by atoms with Crippen LogP contribution in [0.25, 0.3) is 0 Å². The lowest BCUT2D eigenvalue weighted by Crippen LogP contribution is -2.19. The van der Waals surface area contributed by atoms with Crippen LogP contribution < -0.4 is 0 Å². The van der Waals surface area contributed by atoms with Gasteiger partial charge in [-0.3, -0.25) is 0 Å². The molecule has 0 unspecified atom stereocenters. The molecular weight excluding hydrogens is 196 g/mol. The molecule has 0 atom stereocenters. The number of carbonyl (C=O) groups excluding carboxylic acids is 1. The van der Waals surface area contributed by atoms with E-state index >= 15 is 0 Å². The molecule has 3 nitrogen and oxygen atoms in total. The van der Waals surface area contributed by atoms with Crippen LogP contribution >= 0.6 is 0 Å². The van der Waals surface area contributed by atoms with Crippen molar-refractivity contribution < 1.29 is 14.0 Å². The molecule has 0 fully saturated rings. The molecule has 0 N–H and O–H groups in total. The average Bonchev–Trinajstić information content (AvgIpc) is 2.16. The summed E-state index contributed by atoms with van der Waals surface area (Å²) in [7, 11) is 0.964. The van der Waals surface area contributed by atoms with E-state index in [9.17, 15) is 4.79 Å². The zero-order valence-corrected chi connectivity index (χ0v) is 10.3. The Morgan fingerprint density at radius 3 is 2.50 bits per heavy atom.